The Morgan fingerprint density at radius 1 is 0.964 bits per heavy atom. The van der Waals surface area contributed by atoms with Gasteiger partial charge in [-0.15, -0.1) is 0 Å². The second-order valence-electron chi connectivity index (χ2n) is 6.56. The maximum atomic E-state index is 14.8. The van der Waals surface area contributed by atoms with Gasteiger partial charge in [-0.05, 0) is 29.8 Å². The van der Waals surface area contributed by atoms with E-state index in [1.54, 1.807) is 35.5 Å². The first-order valence-corrected chi connectivity index (χ1v) is 8.67. The molecule has 0 spiro atoms. The van der Waals surface area contributed by atoms with E-state index in [4.69, 9.17) is 4.42 Å². The molecule has 5 rings (SSSR count). The molecule has 5 aromatic rings. The van der Waals surface area contributed by atoms with E-state index in [1.807, 2.05) is 24.3 Å². The van der Waals surface area contributed by atoms with Gasteiger partial charge in [-0.25, -0.2) is 13.8 Å². The quantitative estimate of drug-likeness (QED) is 0.472. The van der Waals surface area contributed by atoms with Gasteiger partial charge in [0.05, 0.1) is 19.1 Å². The van der Waals surface area contributed by atoms with Gasteiger partial charge in [0.2, 0.25) is 0 Å². The van der Waals surface area contributed by atoms with Gasteiger partial charge in [0, 0.05) is 51.6 Å². The number of imidazole rings is 1. The van der Waals surface area contributed by atoms with Gasteiger partial charge in [0.25, 0.3) is 0 Å². The summed E-state index contributed by atoms with van der Waals surface area (Å²) in [5.41, 5.74) is 2.85. The number of rotatable bonds is 3. The number of aromatic nitrogens is 2. The molecule has 0 aliphatic carbocycles. The zero-order valence-corrected chi connectivity index (χ0v) is 14.6. The Labute approximate surface area is 158 Å². The van der Waals surface area contributed by atoms with Crippen molar-refractivity contribution in [3.05, 3.63) is 84.7 Å². The summed E-state index contributed by atoms with van der Waals surface area (Å²) >= 11 is 0. The molecular formula is C22H14F2N2O2. The molecule has 0 unspecified atom stereocenters. The number of hydrogen-bond acceptors (Lipinski definition) is 3. The molecule has 0 aliphatic rings. The third-order valence-corrected chi connectivity index (χ3v) is 4.93. The van der Waals surface area contributed by atoms with Crippen LogP contribution in [0.4, 0.5) is 8.78 Å². The van der Waals surface area contributed by atoms with Gasteiger partial charge < -0.3 is 13.9 Å². The molecule has 0 saturated heterocycles. The minimum Gasteiger partial charge on any atom is -0.471 e. The van der Waals surface area contributed by atoms with Crippen LogP contribution in [0.3, 0.4) is 0 Å². The molecule has 1 N–H and O–H groups in total. The zero-order valence-electron chi connectivity index (χ0n) is 14.6. The predicted molar refractivity (Wildman–Crippen MR) is 102 cm³/mol. The molecule has 0 aliphatic heterocycles. The zero-order chi connectivity index (χ0) is 19.3. The lowest BCUT2D eigenvalue weighted by Crippen LogP contribution is -1.99. The van der Waals surface area contributed by atoms with Crippen LogP contribution in [-0.4, -0.2) is 14.5 Å². The average molecular weight is 376 g/mol. The van der Waals surface area contributed by atoms with Crippen LogP contribution in [0.5, 0.6) is 0 Å². The first-order valence-electron chi connectivity index (χ1n) is 8.67. The second-order valence-corrected chi connectivity index (χ2v) is 6.56. The standard InChI is InChI=1S/C22H14F2N2O2/c23-20-4-3-17(21(24)19(20)10-27)15-8-18(22-25-5-6-26(22)9-15)13-1-2-14-11-28-12-16(14)7-13/h1-9,11-12,27H,10H2. The summed E-state index contributed by atoms with van der Waals surface area (Å²) in [4.78, 5) is 4.41. The third-order valence-electron chi connectivity index (χ3n) is 4.93. The fraction of sp³-hybridized carbons (Fsp3) is 0.0455. The minimum absolute atomic E-state index is 0.215. The summed E-state index contributed by atoms with van der Waals surface area (Å²) in [6.45, 7) is -0.706. The number of pyridine rings is 1. The Balaban J connectivity index is 1.77. The summed E-state index contributed by atoms with van der Waals surface area (Å²) < 4.78 is 35.6. The average Bonchev–Trinajstić information content (AvgIpc) is 3.36. The van der Waals surface area contributed by atoms with Gasteiger partial charge in [-0.3, -0.25) is 0 Å². The summed E-state index contributed by atoms with van der Waals surface area (Å²) in [7, 11) is 0. The van der Waals surface area contributed by atoms with Crippen LogP contribution in [0.25, 0.3) is 38.7 Å². The van der Waals surface area contributed by atoms with Crippen LogP contribution in [0.15, 0.2) is 71.9 Å². The van der Waals surface area contributed by atoms with Crippen molar-refractivity contribution in [3.8, 4) is 22.3 Å². The van der Waals surface area contributed by atoms with Gasteiger partial charge in [0.15, 0.2) is 0 Å². The molecular weight excluding hydrogens is 362 g/mol. The maximum absolute atomic E-state index is 14.8. The van der Waals surface area contributed by atoms with E-state index in [0.717, 1.165) is 27.5 Å². The highest BCUT2D eigenvalue weighted by molar-refractivity contribution is 5.90. The molecule has 0 bridgehead atoms. The lowest BCUT2D eigenvalue weighted by molar-refractivity contribution is 0.269. The lowest BCUT2D eigenvalue weighted by atomic mass is 9.98. The van der Waals surface area contributed by atoms with Crippen molar-refractivity contribution in [3.63, 3.8) is 0 Å². The molecule has 0 radical (unpaired) electrons. The largest absolute Gasteiger partial charge is 0.471 e. The number of halogens is 2. The first-order chi connectivity index (χ1) is 13.7. The number of benzene rings is 2. The molecule has 138 valence electrons. The summed E-state index contributed by atoms with van der Waals surface area (Å²) in [6, 6.07) is 10.2. The Morgan fingerprint density at radius 2 is 1.82 bits per heavy atom. The minimum atomic E-state index is -0.766. The smallest absolute Gasteiger partial charge is 0.144 e. The summed E-state index contributed by atoms with van der Waals surface area (Å²) in [6.07, 6.45) is 8.51. The monoisotopic (exact) mass is 376 g/mol. The summed E-state index contributed by atoms with van der Waals surface area (Å²) in [5, 5.41) is 11.2. The Morgan fingerprint density at radius 3 is 2.68 bits per heavy atom. The Bertz CT molecular complexity index is 1340. The molecule has 0 atom stereocenters. The van der Waals surface area contributed by atoms with Crippen LogP contribution < -0.4 is 0 Å². The molecule has 3 aromatic heterocycles. The Kier molecular flexibility index (Phi) is 3.74. The third kappa shape index (κ3) is 2.50. The van der Waals surface area contributed by atoms with Crippen molar-refractivity contribution in [2.24, 2.45) is 0 Å². The molecule has 2 aromatic carbocycles. The fourth-order valence-electron chi connectivity index (χ4n) is 3.49. The van der Waals surface area contributed by atoms with Gasteiger partial charge in [-0.1, -0.05) is 12.1 Å². The first kappa shape index (κ1) is 16.6. The summed E-state index contributed by atoms with van der Waals surface area (Å²) in [5.74, 6) is -1.53. The number of fused-ring (bicyclic) bond motifs is 2. The van der Waals surface area contributed by atoms with Crippen molar-refractivity contribution in [2.75, 3.05) is 0 Å². The molecule has 4 nitrogen and oxygen atoms in total. The van der Waals surface area contributed by atoms with Crippen LogP contribution in [0, 0.1) is 11.6 Å². The molecule has 0 amide bonds. The van der Waals surface area contributed by atoms with Crippen molar-refractivity contribution in [1.82, 2.24) is 9.38 Å². The van der Waals surface area contributed by atoms with Crippen molar-refractivity contribution in [2.45, 2.75) is 6.61 Å². The number of hydrogen-bond donors (Lipinski definition) is 1. The van der Waals surface area contributed by atoms with Gasteiger partial charge in [0.1, 0.15) is 17.3 Å². The van der Waals surface area contributed by atoms with Crippen LogP contribution in [-0.2, 0) is 6.61 Å². The van der Waals surface area contributed by atoms with E-state index < -0.39 is 18.2 Å². The predicted octanol–water partition coefficient (Wildman–Crippen LogP) is 5.19. The molecule has 28 heavy (non-hydrogen) atoms. The topological polar surface area (TPSA) is 50.7 Å². The fourth-order valence-corrected chi connectivity index (χ4v) is 3.49. The molecule has 3 heterocycles. The lowest BCUT2D eigenvalue weighted by Gasteiger charge is -2.12. The number of furan rings is 1. The van der Waals surface area contributed by atoms with E-state index >= 15 is 0 Å². The van der Waals surface area contributed by atoms with Crippen molar-refractivity contribution >= 4 is 16.4 Å². The maximum Gasteiger partial charge on any atom is 0.144 e. The Hall–Kier alpha value is -3.51. The van der Waals surface area contributed by atoms with E-state index in [2.05, 4.69) is 4.98 Å². The number of aliphatic hydroxyl groups is 1. The second kappa shape index (κ2) is 6.28. The van der Waals surface area contributed by atoms with Crippen LogP contribution in [0.1, 0.15) is 5.56 Å². The molecule has 0 fully saturated rings. The molecule has 6 heteroatoms. The SMILES string of the molecule is OCc1c(F)ccc(-c2cc(-c3ccc4cocc4c3)c3nccn3c2)c1F. The van der Waals surface area contributed by atoms with Crippen LogP contribution >= 0.6 is 0 Å². The van der Waals surface area contributed by atoms with Crippen molar-refractivity contribution in [1.29, 1.82) is 0 Å². The van der Waals surface area contributed by atoms with E-state index in [0.29, 0.717) is 5.56 Å². The highest BCUT2D eigenvalue weighted by Crippen LogP contribution is 2.33. The van der Waals surface area contributed by atoms with Crippen molar-refractivity contribution < 1.29 is 18.3 Å². The number of aliphatic hydroxyl groups excluding tert-OH is 1. The number of nitrogens with zero attached hydrogens (tertiary/aromatic N) is 2. The normalized spacial score (nSPS) is 11.5. The van der Waals surface area contributed by atoms with E-state index in [9.17, 15) is 13.9 Å². The highest BCUT2D eigenvalue weighted by atomic mass is 19.1. The van der Waals surface area contributed by atoms with E-state index in [-0.39, 0.29) is 11.1 Å². The highest BCUT2D eigenvalue weighted by Gasteiger charge is 2.17. The van der Waals surface area contributed by atoms with E-state index in [1.165, 1.54) is 12.1 Å². The van der Waals surface area contributed by atoms with Crippen LogP contribution in [0.2, 0.25) is 0 Å². The van der Waals surface area contributed by atoms with Gasteiger partial charge >= 0.3 is 0 Å². The van der Waals surface area contributed by atoms with Gasteiger partial charge in [-0.2, -0.15) is 0 Å². The molecule has 0 saturated carbocycles.